The first-order valence-electron chi connectivity index (χ1n) is 7.10. The van der Waals surface area contributed by atoms with Gasteiger partial charge in [0.2, 0.25) is 0 Å². The van der Waals surface area contributed by atoms with Crippen molar-refractivity contribution in [1.29, 1.82) is 0 Å². The highest BCUT2D eigenvalue weighted by atomic mass is 32.1. The van der Waals surface area contributed by atoms with Gasteiger partial charge < -0.3 is 15.2 Å². The van der Waals surface area contributed by atoms with E-state index in [4.69, 9.17) is 4.74 Å². The van der Waals surface area contributed by atoms with E-state index in [2.05, 4.69) is 5.32 Å². The van der Waals surface area contributed by atoms with E-state index in [1.807, 2.05) is 19.9 Å². The third-order valence-corrected chi connectivity index (χ3v) is 4.69. The first-order chi connectivity index (χ1) is 11.0. The lowest BCUT2D eigenvalue weighted by molar-refractivity contribution is -0.139. The molecule has 2 rings (SSSR count). The lowest BCUT2D eigenvalue weighted by Gasteiger charge is -2.18. The third-order valence-electron chi connectivity index (χ3n) is 3.73. The molecule has 23 heavy (non-hydrogen) atoms. The minimum Gasteiger partial charge on any atom is -0.479 e. The van der Waals surface area contributed by atoms with Crippen molar-refractivity contribution in [2.75, 3.05) is 7.11 Å². The number of carboxylic acids is 1. The molecule has 122 valence electrons. The molecule has 0 radical (unpaired) electrons. The van der Waals surface area contributed by atoms with E-state index in [0.717, 1.165) is 16.7 Å². The molecule has 0 aliphatic rings. The number of methoxy groups -OCH3 is 1. The van der Waals surface area contributed by atoms with Gasteiger partial charge in [0.1, 0.15) is 0 Å². The minimum atomic E-state index is -1.09. The Labute approximate surface area is 138 Å². The number of nitrogens with one attached hydrogen (secondary N) is 1. The van der Waals surface area contributed by atoms with Crippen molar-refractivity contribution in [3.8, 4) is 0 Å². The molecule has 1 heterocycles. The van der Waals surface area contributed by atoms with E-state index in [0.29, 0.717) is 17.0 Å². The van der Waals surface area contributed by atoms with E-state index in [1.54, 1.807) is 30.7 Å². The zero-order valence-corrected chi connectivity index (χ0v) is 14.1. The molecule has 1 aromatic carbocycles. The molecule has 2 aromatic rings. The van der Waals surface area contributed by atoms with E-state index in [9.17, 15) is 14.7 Å². The lowest BCUT2D eigenvalue weighted by Crippen LogP contribution is -2.34. The highest BCUT2D eigenvalue weighted by Crippen LogP contribution is 2.23. The van der Waals surface area contributed by atoms with Crippen LogP contribution in [0.5, 0.6) is 0 Å². The van der Waals surface area contributed by atoms with Crippen molar-refractivity contribution in [1.82, 2.24) is 5.32 Å². The maximum Gasteiger partial charge on any atom is 0.330 e. The maximum absolute atomic E-state index is 12.5. The maximum atomic E-state index is 12.5. The van der Waals surface area contributed by atoms with Gasteiger partial charge in [-0.3, -0.25) is 4.79 Å². The minimum absolute atomic E-state index is 0.313. The standard InChI is InChI=1S/C17H19NO4S/c1-10-5-4-6-13(11(10)2)14(17(20)21)18-16(19)15-12(9-22-3)7-8-23-15/h4-8,14H,9H2,1-3H3,(H,18,19)(H,20,21). The predicted octanol–water partition coefficient (Wildman–Crippen LogP) is 3.07. The van der Waals surface area contributed by atoms with Crippen LogP contribution in [-0.4, -0.2) is 24.1 Å². The number of amides is 1. The molecule has 0 saturated carbocycles. The van der Waals surface area contributed by atoms with Crippen molar-refractivity contribution >= 4 is 23.2 Å². The molecule has 0 fully saturated rings. The second kappa shape index (κ2) is 7.39. The summed E-state index contributed by atoms with van der Waals surface area (Å²) in [5.74, 6) is -1.49. The van der Waals surface area contributed by atoms with Gasteiger partial charge in [-0.1, -0.05) is 18.2 Å². The number of aryl methyl sites for hydroxylation is 1. The zero-order valence-electron chi connectivity index (χ0n) is 13.3. The van der Waals surface area contributed by atoms with Gasteiger partial charge >= 0.3 is 5.97 Å². The first kappa shape index (κ1) is 17.2. The number of hydrogen-bond acceptors (Lipinski definition) is 4. The molecule has 0 spiro atoms. The summed E-state index contributed by atoms with van der Waals surface area (Å²) in [6.45, 7) is 4.08. The van der Waals surface area contributed by atoms with Gasteiger partial charge in [0.25, 0.3) is 5.91 Å². The SMILES string of the molecule is COCc1ccsc1C(=O)NC(C(=O)O)c1cccc(C)c1C. The number of hydrogen-bond donors (Lipinski definition) is 2. The normalized spacial score (nSPS) is 12.0. The zero-order chi connectivity index (χ0) is 17.0. The van der Waals surface area contributed by atoms with Crippen LogP contribution < -0.4 is 5.32 Å². The fourth-order valence-corrected chi connectivity index (χ4v) is 3.17. The molecular formula is C17H19NO4S. The first-order valence-corrected chi connectivity index (χ1v) is 7.98. The summed E-state index contributed by atoms with van der Waals surface area (Å²) in [5, 5.41) is 13.9. The van der Waals surface area contributed by atoms with Gasteiger partial charge in [0.15, 0.2) is 6.04 Å². The van der Waals surface area contributed by atoms with Crippen LogP contribution in [0.4, 0.5) is 0 Å². The second-order valence-electron chi connectivity index (χ2n) is 5.24. The molecule has 2 N–H and O–H groups in total. The Morgan fingerprint density at radius 1 is 1.30 bits per heavy atom. The fraction of sp³-hybridized carbons (Fsp3) is 0.294. The quantitative estimate of drug-likeness (QED) is 0.852. The number of rotatable bonds is 6. The molecule has 1 aromatic heterocycles. The average molecular weight is 333 g/mol. The number of carbonyl (C=O) groups is 2. The Morgan fingerprint density at radius 2 is 2.04 bits per heavy atom. The van der Waals surface area contributed by atoms with Crippen molar-refractivity contribution in [3.05, 3.63) is 56.8 Å². The van der Waals surface area contributed by atoms with Gasteiger partial charge in [0, 0.05) is 12.7 Å². The Hall–Kier alpha value is -2.18. The lowest BCUT2D eigenvalue weighted by atomic mass is 9.97. The number of thiophene rings is 1. The van der Waals surface area contributed by atoms with Gasteiger partial charge in [-0.05, 0) is 42.0 Å². The highest BCUT2D eigenvalue weighted by Gasteiger charge is 2.26. The molecule has 0 saturated heterocycles. The van der Waals surface area contributed by atoms with Crippen LogP contribution in [0, 0.1) is 13.8 Å². The highest BCUT2D eigenvalue weighted by molar-refractivity contribution is 7.12. The van der Waals surface area contributed by atoms with Gasteiger partial charge in [-0.15, -0.1) is 11.3 Å². The molecule has 0 bridgehead atoms. The second-order valence-corrected chi connectivity index (χ2v) is 6.16. The number of aliphatic carboxylic acids is 1. The largest absolute Gasteiger partial charge is 0.479 e. The smallest absolute Gasteiger partial charge is 0.330 e. The van der Waals surface area contributed by atoms with Crippen LogP contribution in [-0.2, 0) is 16.1 Å². The summed E-state index contributed by atoms with van der Waals surface area (Å²) in [6, 6.07) is 6.15. The third kappa shape index (κ3) is 3.78. The molecule has 5 nitrogen and oxygen atoms in total. The number of carbonyl (C=O) groups excluding carboxylic acids is 1. The fourth-order valence-electron chi connectivity index (χ4n) is 2.36. The average Bonchev–Trinajstić information content (AvgIpc) is 2.96. The number of carboxylic acid groups (broad SMARTS) is 1. The summed E-state index contributed by atoms with van der Waals surface area (Å²) >= 11 is 1.27. The molecule has 6 heteroatoms. The molecular weight excluding hydrogens is 314 g/mol. The molecule has 1 amide bonds. The van der Waals surface area contributed by atoms with E-state index >= 15 is 0 Å². The van der Waals surface area contributed by atoms with E-state index in [1.165, 1.54) is 11.3 Å². The Balaban J connectivity index is 2.29. The summed E-state index contributed by atoms with van der Waals surface area (Å²) in [6.07, 6.45) is 0. The summed E-state index contributed by atoms with van der Waals surface area (Å²) in [7, 11) is 1.55. The van der Waals surface area contributed by atoms with Gasteiger partial charge in [-0.2, -0.15) is 0 Å². The monoisotopic (exact) mass is 333 g/mol. The molecule has 0 aliphatic carbocycles. The van der Waals surface area contributed by atoms with Crippen molar-refractivity contribution in [3.63, 3.8) is 0 Å². The molecule has 1 atom stereocenters. The van der Waals surface area contributed by atoms with Crippen LogP contribution in [0.15, 0.2) is 29.6 Å². The summed E-state index contributed by atoms with van der Waals surface area (Å²) < 4.78 is 5.06. The van der Waals surface area contributed by atoms with Gasteiger partial charge in [-0.25, -0.2) is 4.79 Å². The van der Waals surface area contributed by atoms with Crippen molar-refractivity contribution in [2.24, 2.45) is 0 Å². The van der Waals surface area contributed by atoms with Gasteiger partial charge in [0.05, 0.1) is 11.5 Å². The van der Waals surface area contributed by atoms with Crippen LogP contribution in [0.3, 0.4) is 0 Å². The number of ether oxygens (including phenoxy) is 1. The Morgan fingerprint density at radius 3 is 2.70 bits per heavy atom. The van der Waals surface area contributed by atoms with E-state index < -0.39 is 17.9 Å². The number of benzene rings is 1. The summed E-state index contributed by atoms with van der Waals surface area (Å²) in [4.78, 5) is 24.6. The van der Waals surface area contributed by atoms with Crippen LogP contribution >= 0.6 is 11.3 Å². The Bertz CT molecular complexity index is 723. The van der Waals surface area contributed by atoms with Crippen LogP contribution in [0.2, 0.25) is 0 Å². The van der Waals surface area contributed by atoms with E-state index in [-0.39, 0.29) is 0 Å². The Kier molecular flexibility index (Phi) is 5.52. The van der Waals surface area contributed by atoms with Crippen LogP contribution in [0.1, 0.15) is 38.0 Å². The van der Waals surface area contributed by atoms with Crippen LogP contribution in [0.25, 0.3) is 0 Å². The van der Waals surface area contributed by atoms with Crippen molar-refractivity contribution < 1.29 is 19.4 Å². The predicted molar refractivity (Wildman–Crippen MR) is 88.8 cm³/mol. The van der Waals surface area contributed by atoms with Crippen molar-refractivity contribution in [2.45, 2.75) is 26.5 Å². The molecule has 1 unspecified atom stereocenters. The topological polar surface area (TPSA) is 75.6 Å². The molecule has 0 aliphatic heterocycles. The summed E-state index contributed by atoms with van der Waals surface area (Å²) in [5.41, 5.74) is 3.19.